The Kier molecular flexibility index (Phi) is 4.42. The zero-order chi connectivity index (χ0) is 22.9. The van der Waals surface area contributed by atoms with E-state index in [1.807, 2.05) is 18.2 Å². The first kappa shape index (κ1) is 20.4. The van der Waals surface area contributed by atoms with Crippen LogP contribution in [-0.4, -0.2) is 23.3 Å². The van der Waals surface area contributed by atoms with Gasteiger partial charge in [-0.15, -0.1) is 0 Å². The zero-order valence-corrected chi connectivity index (χ0v) is 18.7. The van der Waals surface area contributed by atoms with E-state index in [2.05, 4.69) is 6.58 Å². The molecule has 168 valence electrons. The topological polar surface area (TPSA) is 63.4 Å². The van der Waals surface area contributed by atoms with Crippen molar-refractivity contribution in [2.24, 2.45) is 11.1 Å². The Morgan fingerprint density at radius 1 is 1.12 bits per heavy atom. The summed E-state index contributed by atoms with van der Waals surface area (Å²) < 4.78 is 15.8. The van der Waals surface area contributed by atoms with Crippen molar-refractivity contribution in [2.75, 3.05) is 6.54 Å². The molecule has 0 aromatic heterocycles. The maximum Gasteiger partial charge on any atom is 0.249 e. The summed E-state index contributed by atoms with van der Waals surface area (Å²) in [6.45, 7) is 4.67. The van der Waals surface area contributed by atoms with Gasteiger partial charge in [0.2, 0.25) is 11.8 Å². The number of halogens is 1. The number of benzene rings is 2. The number of fused-ring (bicyclic) bond motifs is 3. The average Bonchev–Trinajstić information content (AvgIpc) is 3.47. The van der Waals surface area contributed by atoms with Crippen LogP contribution in [0.1, 0.15) is 64.7 Å². The van der Waals surface area contributed by atoms with Crippen molar-refractivity contribution >= 4 is 17.4 Å². The van der Waals surface area contributed by atoms with Crippen LogP contribution in [0.5, 0.6) is 0 Å². The van der Waals surface area contributed by atoms with E-state index in [0.29, 0.717) is 42.5 Å². The van der Waals surface area contributed by atoms with Gasteiger partial charge in [-0.25, -0.2) is 4.39 Å². The number of nitrogens with two attached hydrogens (primary N) is 1. The van der Waals surface area contributed by atoms with Gasteiger partial charge < -0.3 is 10.6 Å². The van der Waals surface area contributed by atoms with Gasteiger partial charge in [-0.1, -0.05) is 30.4 Å². The highest BCUT2D eigenvalue weighted by Gasteiger charge is 2.47. The lowest BCUT2D eigenvalue weighted by Gasteiger charge is -2.30. The third kappa shape index (κ3) is 3.09. The van der Waals surface area contributed by atoms with Gasteiger partial charge in [0, 0.05) is 24.2 Å². The van der Waals surface area contributed by atoms with E-state index < -0.39 is 5.91 Å². The normalized spacial score (nSPS) is 19.7. The number of amides is 2. The third-order valence-corrected chi connectivity index (χ3v) is 8.26. The minimum absolute atomic E-state index is 0.0873. The van der Waals surface area contributed by atoms with Crippen molar-refractivity contribution in [3.63, 3.8) is 0 Å². The second kappa shape index (κ2) is 7.14. The molecule has 2 N–H and O–H groups in total. The van der Waals surface area contributed by atoms with Gasteiger partial charge in [-0.3, -0.25) is 9.59 Å². The molecule has 0 unspecified atom stereocenters. The van der Waals surface area contributed by atoms with E-state index in [1.165, 1.54) is 42.6 Å². The number of primary amides is 1. The maximum atomic E-state index is 15.8. The molecule has 5 heteroatoms. The molecule has 33 heavy (non-hydrogen) atoms. The van der Waals surface area contributed by atoms with Crippen molar-refractivity contribution in [3.8, 4) is 11.1 Å². The maximum absolute atomic E-state index is 15.8. The molecule has 1 heterocycles. The van der Waals surface area contributed by atoms with Crippen molar-refractivity contribution < 1.29 is 14.0 Å². The first-order valence-corrected chi connectivity index (χ1v) is 11.8. The highest BCUT2D eigenvalue weighted by molar-refractivity contribution is 6.01. The molecular weight excluding hydrogens is 415 g/mol. The Morgan fingerprint density at radius 3 is 2.67 bits per heavy atom. The zero-order valence-electron chi connectivity index (χ0n) is 18.7. The van der Waals surface area contributed by atoms with Crippen LogP contribution in [0, 0.1) is 11.2 Å². The third-order valence-electron chi connectivity index (χ3n) is 8.26. The molecule has 1 saturated carbocycles. The summed E-state index contributed by atoms with van der Waals surface area (Å²) in [4.78, 5) is 26.2. The van der Waals surface area contributed by atoms with E-state index in [0.717, 1.165) is 40.7 Å². The smallest absolute Gasteiger partial charge is 0.249 e. The summed E-state index contributed by atoms with van der Waals surface area (Å²) in [6.07, 6.45) is 8.36. The molecular formula is C28H27FN2O2. The highest BCUT2D eigenvalue weighted by Crippen LogP contribution is 2.62. The minimum atomic E-state index is -0.564. The molecule has 0 saturated heterocycles. The van der Waals surface area contributed by atoms with Gasteiger partial charge in [0.15, 0.2) is 0 Å². The Balaban J connectivity index is 1.54. The molecule has 4 aliphatic rings. The molecule has 2 amide bonds. The predicted molar refractivity (Wildman–Crippen MR) is 126 cm³/mol. The number of nitrogens with zero attached hydrogens (tertiary/aromatic N) is 1. The van der Waals surface area contributed by atoms with Crippen LogP contribution in [0.15, 0.2) is 42.5 Å². The molecule has 3 aliphatic carbocycles. The van der Waals surface area contributed by atoms with Gasteiger partial charge >= 0.3 is 0 Å². The Morgan fingerprint density at radius 2 is 1.94 bits per heavy atom. The quantitative estimate of drug-likeness (QED) is 0.685. The summed E-state index contributed by atoms with van der Waals surface area (Å²) in [6, 6.07) is 7.29. The summed E-state index contributed by atoms with van der Waals surface area (Å²) in [7, 11) is 0. The van der Waals surface area contributed by atoms with Crippen molar-refractivity contribution in [1.29, 1.82) is 0 Å². The fraction of sp³-hybridized carbons (Fsp3) is 0.357. The van der Waals surface area contributed by atoms with Gasteiger partial charge in [0.1, 0.15) is 5.82 Å². The summed E-state index contributed by atoms with van der Waals surface area (Å²) in [5, 5.41) is 0. The number of hydrogen-bond donors (Lipinski definition) is 1. The van der Waals surface area contributed by atoms with Crippen LogP contribution < -0.4 is 5.73 Å². The number of carbonyl (C=O) groups is 2. The molecule has 1 fully saturated rings. The number of hydrogen-bond acceptors (Lipinski definition) is 2. The lowest BCUT2D eigenvalue weighted by molar-refractivity contribution is -0.126. The van der Waals surface area contributed by atoms with Gasteiger partial charge in [0.05, 0.1) is 0 Å². The van der Waals surface area contributed by atoms with E-state index >= 15 is 4.39 Å². The molecule has 2 aromatic rings. The van der Waals surface area contributed by atoms with E-state index in [4.69, 9.17) is 5.73 Å². The average molecular weight is 443 g/mol. The van der Waals surface area contributed by atoms with Crippen LogP contribution >= 0.6 is 0 Å². The van der Waals surface area contributed by atoms with Crippen LogP contribution in [-0.2, 0) is 24.2 Å². The highest BCUT2D eigenvalue weighted by atomic mass is 19.1. The molecule has 6 rings (SSSR count). The van der Waals surface area contributed by atoms with Gasteiger partial charge in [-0.2, -0.15) is 0 Å². The summed E-state index contributed by atoms with van der Waals surface area (Å²) >= 11 is 0. The van der Waals surface area contributed by atoms with Crippen molar-refractivity contribution in [3.05, 3.63) is 76.1 Å². The van der Waals surface area contributed by atoms with E-state index in [1.54, 1.807) is 4.90 Å². The summed E-state index contributed by atoms with van der Waals surface area (Å²) in [5.41, 5.74) is 14.4. The monoisotopic (exact) mass is 442 g/mol. The fourth-order valence-electron chi connectivity index (χ4n) is 6.28. The number of rotatable bonds is 3. The standard InChI is InChI=1S/C28H27FN2O2/c1-2-24(32)31-11-7-18-17(15-31)4-3-5-19(18)26-23(29)13-21(27(30)33)20-12-16-6-8-28(9-10-28)14-22(16)25(20)26/h2-5,13H,1,6-12,14-15H2,(H2,30,33). The number of carbonyl (C=O) groups excluding carboxylic acids is 2. The minimum Gasteiger partial charge on any atom is -0.366 e. The van der Waals surface area contributed by atoms with Crippen molar-refractivity contribution in [2.45, 2.75) is 51.5 Å². The summed E-state index contributed by atoms with van der Waals surface area (Å²) in [5.74, 6) is -1.04. The second-order valence-electron chi connectivity index (χ2n) is 10.1. The Bertz CT molecular complexity index is 1290. The lowest BCUT2D eigenvalue weighted by atomic mass is 9.79. The van der Waals surface area contributed by atoms with Crippen LogP contribution in [0.2, 0.25) is 0 Å². The molecule has 0 bridgehead atoms. The van der Waals surface area contributed by atoms with Gasteiger partial charge in [0.25, 0.3) is 0 Å². The molecule has 1 spiro atoms. The molecule has 2 aromatic carbocycles. The van der Waals surface area contributed by atoms with Crippen molar-refractivity contribution in [1.82, 2.24) is 4.90 Å². The van der Waals surface area contributed by atoms with Crippen LogP contribution in [0.4, 0.5) is 4.39 Å². The molecule has 0 atom stereocenters. The Hall–Kier alpha value is -3.21. The van der Waals surface area contributed by atoms with Crippen LogP contribution in [0.25, 0.3) is 16.7 Å². The van der Waals surface area contributed by atoms with E-state index in [9.17, 15) is 9.59 Å². The van der Waals surface area contributed by atoms with Crippen LogP contribution in [0.3, 0.4) is 0 Å². The molecule has 4 nitrogen and oxygen atoms in total. The first-order valence-electron chi connectivity index (χ1n) is 11.8. The first-order chi connectivity index (χ1) is 15.9. The predicted octanol–water partition coefficient (Wildman–Crippen LogP) is 4.94. The van der Waals surface area contributed by atoms with E-state index in [-0.39, 0.29) is 11.7 Å². The largest absolute Gasteiger partial charge is 0.366 e. The SMILES string of the molecule is C=CC(=O)N1CCc2c(cccc2-c2c(F)cc(C(N)=O)c3c2C2=C(CCC4(CC4)C2)C3)C1. The lowest BCUT2D eigenvalue weighted by Crippen LogP contribution is -2.35. The number of allylic oxidation sites excluding steroid dienone is 2. The molecule has 1 aliphatic heterocycles. The Labute approximate surface area is 193 Å². The molecule has 0 radical (unpaired) electrons. The second-order valence-corrected chi connectivity index (χ2v) is 10.1. The van der Waals surface area contributed by atoms with Gasteiger partial charge in [-0.05, 0) is 95.9 Å². The fourth-order valence-corrected chi connectivity index (χ4v) is 6.28.